The standard InChI is InChI=1S/2ClH.Cu.H3P/h2*1H;;1H3/q;;+2;/p-2. The molecule has 0 rings (SSSR count). The Hall–Kier alpha value is 1.53. The average molecular weight is 168 g/mol. The fourth-order valence-corrected chi connectivity index (χ4v) is 0. The zero-order valence-corrected chi connectivity index (χ0v) is 5.63. The molecule has 0 bridgehead atoms. The second-order valence-corrected chi connectivity index (χ2v) is 1.60. The van der Waals surface area contributed by atoms with Crippen molar-refractivity contribution in [3.63, 3.8) is 0 Å². The summed E-state index contributed by atoms with van der Waals surface area (Å²) in [6, 6.07) is 0. The zero-order valence-electron chi connectivity index (χ0n) is 1.76. The van der Waals surface area contributed by atoms with E-state index in [4.69, 9.17) is 0 Å². The van der Waals surface area contributed by atoms with Crippen LogP contribution < -0.4 is 0 Å². The minimum atomic E-state index is 0. The van der Waals surface area contributed by atoms with Gasteiger partial charge in [-0.25, -0.2) is 0 Å². The third-order valence-corrected chi connectivity index (χ3v) is 0. The van der Waals surface area contributed by atoms with E-state index in [1.165, 1.54) is 0 Å². The molecule has 0 saturated carbocycles. The Labute approximate surface area is 43.5 Å². The molecule has 0 aromatic heterocycles. The summed E-state index contributed by atoms with van der Waals surface area (Å²) >= 11 is 0.757. The van der Waals surface area contributed by atoms with Crippen LogP contribution in [0.5, 0.6) is 0 Å². The molecule has 0 aliphatic rings. The molecule has 33 valence electrons. The first-order chi connectivity index (χ1) is 1.41. The van der Waals surface area contributed by atoms with E-state index in [0.717, 1.165) is 13.1 Å². The predicted octanol–water partition coefficient (Wildman–Crippen LogP) is 1.43. The second-order valence-electron chi connectivity index (χ2n) is 0.0431. The molecule has 0 heterocycles. The Morgan fingerprint density at radius 1 is 1.25 bits per heavy atom. The molecular weight excluding hydrogens is 165 g/mol. The Balaban J connectivity index is 0. The van der Waals surface area contributed by atoms with Gasteiger partial charge in [0.1, 0.15) is 0 Å². The van der Waals surface area contributed by atoms with E-state index in [9.17, 15) is 0 Å². The van der Waals surface area contributed by atoms with Gasteiger partial charge < -0.3 is 0 Å². The molecule has 0 spiro atoms. The summed E-state index contributed by atoms with van der Waals surface area (Å²) in [6.07, 6.45) is 0. The van der Waals surface area contributed by atoms with Crippen molar-refractivity contribution in [1.82, 2.24) is 0 Å². The van der Waals surface area contributed by atoms with Crippen LogP contribution in [0.1, 0.15) is 0 Å². The van der Waals surface area contributed by atoms with Crippen molar-refractivity contribution in [2.45, 2.75) is 0 Å². The molecule has 0 fully saturated rings. The van der Waals surface area contributed by atoms with E-state index in [2.05, 4.69) is 20.2 Å². The van der Waals surface area contributed by atoms with Gasteiger partial charge in [-0.3, -0.25) is 0 Å². The van der Waals surface area contributed by atoms with Crippen LogP contribution in [0.15, 0.2) is 0 Å². The summed E-state index contributed by atoms with van der Waals surface area (Å²) in [7, 11) is 9.34. The summed E-state index contributed by atoms with van der Waals surface area (Å²) in [6.45, 7) is 0. The van der Waals surface area contributed by atoms with Crippen molar-refractivity contribution in [3.8, 4) is 0 Å². The van der Waals surface area contributed by atoms with Gasteiger partial charge in [0.25, 0.3) is 0 Å². The Kier molecular flexibility index (Phi) is 20.1. The molecule has 4 heavy (non-hydrogen) atoms. The molecule has 0 amide bonds. The Bertz CT molecular complexity index is 6.00. The third kappa shape index (κ3) is 9.65. The summed E-state index contributed by atoms with van der Waals surface area (Å²) in [5, 5.41) is 0. The van der Waals surface area contributed by atoms with Crippen molar-refractivity contribution < 1.29 is 13.1 Å². The molecule has 0 aromatic rings. The molecule has 0 radical (unpaired) electrons. The number of hydrogen-bond acceptors (Lipinski definition) is 0. The molecule has 0 N–H and O–H groups in total. The SMILES string of the molecule is P.[Cl][Cu][Cl]. The first-order valence-corrected chi connectivity index (χ1v) is 2.82. The zero-order chi connectivity index (χ0) is 2.71. The molecular formula is H3Cl2CuP. The van der Waals surface area contributed by atoms with Gasteiger partial charge in [0.2, 0.25) is 0 Å². The van der Waals surface area contributed by atoms with Gasteiger partial charge in [0.15, 0.2) is 0 Å². The fourth-order valence-electron chi connectivity index (χ4n) is 0. The number of hydrogen-bond donors (Lipinski definition) is 0. The third-order valence-electron chi connectivity index (χ3n) is 0. The predicted molar refractivity (Wildman–Crippen MR) is 22.8 cm³/mol. The van der Waals surface area contributed by atoms with E-state index < -0.39 is 0 Å². The van der Waals surface area contributed by atoms with Crippen molar-refractivity contribution in [1.29, 1.82) is 0 Å². The molecule has 0 aromatic carbocycles. The van der Waals surface area contributed by atoms with Crippen molar-refractivity contribution >= 4 is 30.1 Å². The first kappa shape index (κ1) is 9.11. The summed E-state index contributed by atoms with van der Waals surface area (Å²) in [4.78, 5) is 0. The Morgan fingerprint density at radius 3 is 1.25 bits per heavy atom. The van der Waals surface area contributed by atoms with Gasteiger partial charge in [-0.2, -0.15) is 9.90 Å². The summed E-state index contributed by atoms with van der Waals surface area (Å²) in [5.41, 5.74) is 0. The van der Waals surface area contributed by atoms with Gasteiger partial charge in [0.05, 0.1) is 0 Å². The van der Waals surface area contributed by atoms with Gasteiger partial charge >= 0.3 is 33.3 Å². The van der Waals surface area contributed by atoms with Crippen molar-refractivity contribution in [2.75, 3.05) is 0 Å². The Morgan fingerprint density at radius 2 is 1.25 bits per heavy atom. The molecule has 0 nitrogen and oxygen atoms in total. The maximum atomic E-state index is 4.67. The van der Waals surface area contributed by atoms with E-state index >= 15 is 0 Å². The summed E-state index contributed by atoms with van der Waals surface area (Å²) < 4.78 is 0. The van der Waals surface area contributed by atoms with Crippen LogP contribution in [-0.4, -0.2) is 0 Å². The van der Waals surface area contributed by atoms with Crippen LogP contribution >= 0.6 is 30.1 Å². The molecule has 0 saturated heterocycles. The fraction of sp³-hybridized carbons (Fsp3) is 0. The first-order valence-electron chi connectivity index (χ1n) is 0.228. The maximum absolute atomic E-state index is 4.67. The number of rotatable bonds is 0. The second kappa shape index (κ2) is 8.82. The van der Waals surface area contributed by atoms with Gasteiger partial charge in [-0.15, -0.1) is 0 Å². The topological polar surface area (TPSA) is 0 Å². The van der Waals surface area contributed by atoms with Crippen molar-refractivity contribution in [3.05, 3.63) is 0 Å². The van der Waals surface area contributed by atoms with E-state index in [1.807, 2.05) is 0 Å². The van der Waals surface area contributed by atoms with Gasteiger partial charge in [0, 0.05) is 0 Å². The quantitative estimate of drug-likeness (QED) is 0.379. The minimum absolute atomic E-state index is 0. The van der Waals surface area contributed by atoms with Crippen LogP contribution in [0.3, 0.4) is 0 Å². The van der Waals surface area contributed by atoms with Crippen LogP contribution in [0, 0.1) is 0 Å². The molecule has 0 aliphatic heterocycles. The van der Waals surface area contributed by atoms with Gasteiger partial charge in [-0.05, 0) is 0 Å². The monoisotopic (exact) mass is 167 g/mol. The van der Waals surface area contributed by atoms with Crippen LogP contribution in [-0.2, 0) is 13.1 Å². The van der Waals surface area contributed by atoms with Crippen LogP contribution in [0.2, 0.25) is 0 Å². The normalized spacial score (nSPS) is 5.50. The van der Waals surface area contributed by atoms with E-state index in [-0.39, 0.29) is 9.90 Å². The molecule has 4 heteroatoms. The summed E-state index contributed by atoms with van der Waals surface area (Å²) in [5.74, 6) is 0. The van der Waals surface area contributed by atoms with E-state index in [0.29, 0.717) is 0 Å². The molecule has 1 atom stereocenters. The van der Waals surface area contributed by atoms with Gasteiger partial charge in [-0.1, -0.05) is 0 Å². The van der Waals surface area contributed by atoms with Crippen molar-refractivity contribution in [2.24, 2.45) is 0 Å². The van der Waals surface area contributed by atoms with Crippen LogP contribution in [0.25, 0.3) is 0 Å². The van der Waals surface area contributed by atoms with Crippen LogP contribution in [0.4, 0.5) is 0 Å². The average Bonchev–Trinajstić information content (AvgIpc) is 0.918. The molecule has 0 aliphatic carbocycles. The number of halogens is 2. The van der Waals surface area contributed by atoms with E-state index in [1.54, 1.807) is 0 Å². The molecule has 1 unspecified atom stereocenters.